The summed E-state index contributed by atoms with van der Waals surface area (Å²) in [6.07, 6.45) is 4.52. The van der Waals surface area contributed by atoms with Crippen molar-refractivity contribution in [3.8, 4) is 0 Å². The molecule has 21 heavy (non-hydrogen) atoms. The number of allylic oxidation sites excluding steroid dienone is 2. The predicted octanol–water partition coefficient (Wildman–Crippen LogP) is 3.89. The van der Waals surface area contributed by atoms with E-state index in [2.05, 4.69) is 18.7 Å². The topological polar surface area (TPSA) is 37.4 Å². The lowest BCUT2D eigenvalue weighted by atomic mass is 9.87. The molecule has 0 aromatic heterocycles. The molecular formula is C18H21NO2. The van der Waals surface area contributed by atoms with Crippen LogP contribution in [-0.2, 0) is 4.79 Å². The summed E-state index contributed by atoms with van der Waals surface area (Å²) >= 11 is 0. The molecule has 0 spiro atoms. The summed E-state index contributed by atoms with van der Waals surface area (Å²) in [5.41, 5.74) is 3.88. The fourth-order valence-electron chi connectivity index (χ4n) is 3.47. The minimum atomic E-state index is -0.339. The van der Waals surface area contributed by atoms with E-state index in [1.807, 2.05) is 18.2 Å². The SMILES string of the molecule is CC(C)N1C2=C(CCCC2)CC(=O)C(=O)c2ccccc21. The van der Waals surface area contributed by atoms with Gasteiger partial charge < -0.3 is 4.90 Å². The fraction of sp³-hybridized carbons (Fsp3) is 0.444. The number of para-hydroxylation sites is 1. The monoisotopic (exact) mass is 283 g/mol. The van der Waals surface area contributed by atoms with Crippen LogP contribution in [0.1, 0.15) is 56.3 Å². The highest BCUT2D eigenvalue weighted by Gasteiger charge is 2.31. The number of benzene rings is 1. The Kier molecular flexibility index (Phi) is 3.66. The van der Waals surface area contributed by atoms with Gasteiger partial charge in [-0.15, -0.1) is 0 Å². The van der Waals surface area contributed by atoms with Crippen LogP contribution >= 0.6 is 0 Å². The number of fused-ring (bicyclic) bond motifs is 1. The van der Waals surface area contributed by atoms with Crippen LogP contribution < -0.4 is 4.90 Å². The molecule has 0 unspecified atom stereocenters. The van der Waals surface area contributed by atoms with Crippen molar-refractivity contribution in [3.63, 3.8) is 0 Å². The van der Waals surface area contributed by atoms with Crippen molar-refractivity contribution in [1.82, 2.24) is 0 Å². The summed E-state index contributed by atoms with van der Waals surface area (Å²) in [4.78, 5) is 27.0. The third-order valence-corrected chi connectivity index (χ3v) is 4.39. The van der Waals surface area contributed by atoms with Crippen LogP contribution in [0.3, 0.4) is 0 Å². The van der Waals surface area contributed by atoms with Gasteiger partial charge in [-0.1, -0.05) is 12.1 Å². The zero-order valence-electron chi connectivity index (χ0n) is 12.7. The highest BCUT2D eigenvalue weighted by atomic mass is 16.2. The Balaban J connectivity index is 2.23. The molecule has 0 radical (unpaired) electrons. The molecule has 0 N–H and O–H groups in total. The minimum absolute atomic E-state index is 0.264. The Labute approximate surface area is 125 Å². The van der Waals surface area contributed by atoms with E-state index in [9.17, 15) is 9.59 Å². The molecular weight excluding hydrogens is 262 g/mol. The van der Waals surface area contributed by atoms with Gasteiger partial charge in [0.2, 0.25) is 11.6 Å². The van der Waals surface area contributed by atoms with Crippen molar-refractivity contribution in [2.75, 3.05) is 4.90 Å². The molecule has 0 fully saturated rings. The molecule has 2 aliphatic rings. The van der Waals surface area contributed by atoms with Gasteiger partial charge in [0, 0.05) is 23.7 Å². The number of hydrogen-bond donors (Lipinski definition) is 0. The maximum absolute atomic E-state index is 12.4. The average Bonchev–Trinajstić information content (AvgIpc) is 2.47. The molecule has 0 amide bonds. The Morgan fingerprint density at radius 1 is 1.05 bits per heavy atom. The number of nitrogens with zero attached hydrogens (tertiary/aromatic N) is 1. The van der Waals surface area contributed by atoms with Crippen molar-refractivity contribution in [2.45, 2.75) is 52.0 Å². The molecule has 3 heteroatoms. The number of anilines is 1. The molecule has 0 atom stereocenters. The first kappa shape index (κ1) is 14.1. The second kappa shape index (κ2) is 5.47. The fourth-order valence-corrected chi connectivity index (χ4v) is 3.47. The highest BCUT2D eigenvalue weighted by molar-refractivity contribution is 6.45. The average molecular weight is 283 g/mol. The van der Waals surface area contributed by atoms with Crippen LogP contribution in [0.4, 0.5) is 5.69 Å². The van der Waals surface area contributed by atoms with Crippen LogP contribution in [-0.4, -0.2) is 17.6 Å². The molecule has 1 heterocycles. The molecule has 0 bridgehead atoms. The van der Waals surface area contributed by atoms with Crippen LogP contribution in [0.2, 0.25) is 0 Å². The molecule has 0 saturated heterocycles. The summed E-state index contributed by atoms with van der Waals surface area (Å²) in [5, 5.41) is 0. The van der Waals surface area contributed by atoms with E-state index < -0.39 is 0 Å². The van der Waals surface area contributed by atoms with E-state index in [1.54, 1.807) is 6.07 Å². The van der Waals surface area contributed by atoms with Gasteiger partial charge in [0.25, 0.3) is 0 Å². The molecule has 1 aliphatic carbocycles. The summed E-state index contributed by atoms with van der Waals surface area (Å²) in [6.45, 7) is 4.29. The number of hydrogen-bond acceptors (Lipinski definition) is 3. The molecule has 0 saturated carbocycles. The largest absolute Gasteiger partial charge is 0.342 e. The number of carbonyl (C=O) groups excluding carboxylic acids is 2. The number of rotatable bonds is 1. The van der Waals surface area contributed by atoms with E-state index in [0.717, 1.165) is 31.4 Å². The third-order valence-electron chi connectivity index (χ3n) is 4.39. The molecule has 3 nitrogen and oxygen atoms in total. The van der Waals surface area contributed by atoms with Gasteiger partial charge in [-0.25, -0.2) is 0 Å². The lowest BCUT2D eigenvalue weighted by Crippen LogP contribution is -2.36. The second-order valence-corrected chi connectivity index (χ2v) is 6.17. The van der Waals surface area contributed by atoms with Crippen molar-refractivity contribution in [3.05, 3.63) is 41.1 Å². The maximum Gasteiger partial charge on any atom is 0.231 e. The highest BCUT2D eigenvalue weighted by Crippen LogP contribution is 2.37. The Morgan fingerprint density at radius 2 is 1.76 bits per heavy atom. The first-order chi connectivity index (χ1) is 10.1. The third kappa shape index (κ3) is 2.41. The minimum Gasteiger partial charge on any atom is -0.342 e. The Morgan fingerprint density at radius 3 is 2.52 bits per heavy atom. The molecule has 110 valence electrons. The van der Waals surface area contributed by atoms with Gasteiger partial charge in [-0.2, -0.15) is 0 Å². The van der Waals surface area contributed by atoms with Crippen molar-refractivity contribution >= 4 is 17.3 Å². The summed E-state index contributed by atoms with van der Waals surface area (Å²) < 4.78 is 0. The Bertz CT molecular complexity index is 628. The Hall–Kier alpha value is -1.90. The first-order valence-electron chi connectivity index (χ1n) is 7.76. The normalized spacial score (nSPS) is 19.3. The number of carbonyl (C=O) groups is 2. The van der Waals surface area contributed by atoms with Gasteiger partial charge in [0.15, 0.2) is 0 Å². The lowest BCUT2D eigenvalue weighted by Gasteiger charge is -2.37. The van der Waals surface area contributed by atoms with Gasteiger partial charge in [-0.05, 0) is 57.2 Å². The van der Waals surface area contributed by atoms with E-state index >= 15 is 0 Å². The van der Waals surface area contributed by atoms with E-state index in [1.165, 1.54) is 11.3 Å². The zero-order chi connectivity index (χ0) is 15.0. The lowest BCUT2D eigenvalue weighted by molar-refractivity contribution is -0.114. The molecule has 1 aromatic carbocycles. The standard InChI is InChI=1S/C18H21NO2/c1-12(2)19-15-9-5-3-7-13(15)11-17(20)18(21)14-8-4-6-10-16(14)19/h4,6,8,10,12H,3,5,7,9,11H2,1-2H3. The van der Waals surface area contributed by atoms with E-state index in [-0.39, 0.29) is 17.6 Å². The van der Waals surface area contributed by atoms with E-state index in [4.69, 9.17) is 0 Å². The van der Waals surface area contributed by atoms with Crippen LogP contribution in [0.5, 0.6) is 0 Å². The van der Waals surface area contributed by atoms with E-state index in [0.29, 0.717) is 12.0 Å². The maximum atomic E-state index is 12.4. The summed E-state index contributed by atoms with van der Waals surface area (Å²) in [7, 11) is 0. The predicted molar refractivity (Wildman–Crippen MR) is 83.5 cm³/mol. The first-order valence-corrected chi connectivity index (χ1v) is 7.76. The van der Waals surface area contributed by atoms with Crippen molar-refractivity contribution < 1.29 is 9.59 Å². The van der Waals surface area contributed by atoms with Crippen molar-refractivity contribution in [2.24, 2.45) is 0 Å². The van der Waals surface area contributed by atoms with Crippen LogP contribution in [0.15, 0.2) is 35.5 Å². The molecule has 3 rings (SSSR count). The number of ketones is 2. The van der Waals surface area contributed by atoms with Gasteiger partial charge in [-0.3, -0.25) is 9.59 Å². The van der Waals surface area contributed by atoms with Gasteiger partial charge in [0.05, 0.1) is 5.69 Å². The smallest absolute Gasteiger partial charge is 0.231 e. The van der Waals surface area contributed by atoms with Crippen LogP contribution in [0, 0.1) is 0 Å². The van der Waals surface area contributed by atoms with Crippen molar-refractivity contribution in [1.29, 1.82) is 0 Å². The van der Waals surface area contributed by atoms with Gasteiger partial charge >= 0.3 is 0 Å². The second-order valence-electron chi connectivity index (χ2n) is 6.17. The molecule has 1 aliphatic heterocycles. The number of Topliss-reactive ketones (excluding diaryl/α,β-unsaturated/α-hetero) is 2. The molecule has 1 aromatic rings. The van der Waals surface area contributed by atoms with Crippen LogP contribution in [0.25, 0.3) is 0 Å². The summed E-state index contributed by atoms with van der Waals surface area (Å²) in [5.74, 6) is -0.603. The zero-order valence-corrected chi connectivity index (χ0v) is 12.7. The van der Waals surface area contributed by atoms with Gasteiger partial charge in [0.1, 0.15) is 0 Å². The quantitative estimate of drug-likeness (QED) is 0.734. The summed E-state index contributed by atoms with van der Waals surface area (Å²) in [6, 6.07) is 7.79.